The molecule has 1 amide bonds. The Morgan fingerprint density at radius 2 is 1.79 bits per heavy atom. The van der Waals surface area contributed by atoms with Gasteiger partial charge in [-0.3, -0.25) is 14.2 Å². The standard InChI is InChI=1S/C27H24N4O2S/c1-16-7-6-8-19(13-16)28-23(32)15-34-27-30-24-20-9-4-5-10-21(20)29-25(24)26(33)31(27)22-14-17(2)11-12-18(22)3/h4-14,29H,15H2,1-3H3,(H,28,32). The van der Waals surface area contributed by atoms with Gasteiger partial charge in [0.1, 0.15) is 11.0 Å². The number of carbonyl (C=O) groups is 1. The molecule has 3 aromatic carbocycles. The zero-order chi connectivity index (χ0) is 23.8. The van der Waals surface area contributed by atoms with E-state index in [9.17, 15) is 9.59 Å². The van der Waals surface area contributed by atoms with E-state index in [4.69, 9.17) is 4.98 Å². The van der Waals surface area contributed by atoms with Crippen molar-refractivity contribution >= 4 is 45.3 Å². The molecule has 0 fully saturated rings. The fraction of sp³-hybridized carbons (Fsp3) is 0.148. The molecule has 5 aromatic rings. The van der Waals surface area contributed by atoms with Gasteiger partial charge in [-0.2, -0.15) is 0 Å². The van der Waals surface area contributed by atoms with Gasteiger partial charge in [0.05, 0.1) is 11.4 Å². The molecule has 0 unspecified atom stereocenters. The fourth-order valence-electron chi connectivity index (χ4n) is 4.06. The highest BCUT2D eigenvalue weighted by molar-refractivity contribution is 7.99. The van der Waals surface area contributed by atoms with Crippen molar-refractivity contribution in [2.75, 3.05) is 11.1 Å². The fourth-order valence-corrected chi connectivity index (χ4v) is 4.86. The number of hydrogen-bond donors (Lipinski definition) is 2. The first-order valence-corrected chi connectivity index (χ1v) is 12.0. The quantitative estimate of drug-likeness (QED) is 0.263. The summed E-state index contributed by atoms with van der Waals surface area (Å²) < 4.78 is 1.62. The zero-order valence-corrected chi connectivity index (χ0v) is 20.0. The van der Waals surface area contributed by atoms with E-state index in [1.807, 2.05) is 87.5 Å². The number of anilines is 1. The molecule has 2 heterocycles. The molecule has 0 radical (unpaired) electrons. The summed E-state index contributed by atoms with van der Waals surface area (Å²) in [6.45, 7) is 5.94. The Bertz CT molecular complexity index is 1620. The van der Waals surface area contributed by atoms with Gasteiger partial charge in [0.2, 0.25) is 5.91 Å². The van der Waals surface area contributed by atoms with Crippen LogP contribution in [0.2, 0.25) is 0 Å². The largest absolute Gasteiger partial charge is 0.349 e. The zero-order valence-electron chi connectivity index (χ0n) is 19.2. The Morgan fingerprint density at radius 1 is 1.00 bits per heavy atom. The van der Waals surface area contributed by atoms with E-state index in [-0.39, 0.29) is 17.2 Å². The maximum absolute atomic E-state index is 13.7. The van der Waals surface area contributed by atoms with E-state index in [1.165, 1.54) is 11.8 Å². The van der Waals surface area contributed by atoms with Crippen LogP contribution in [0.3, 0.4) is 0 Å². The number of aryl methyl sites for hydroxylation is 3. The summed E-state index contributed by atoms with van der Waals surface area (Å²) in [6.07, 6.45) is 0. The Labute approximate surface area is 201 Å². The summed E-state index contributed by atoms with van der Waals surface area (Å²) in [4.78, 5) is 34.6. The minimum absolute atomic E-state index is 0.124. The first-order valence-electron chi connectivity index (χ1n) is 11.0. The molecule has 0 atom stereocenters. The molecule has 0 aliphatic carbocycles. The van der Waals surface area contributed by atoms with Crippen LogP contribution >= 0.6 is 11.8 Å². The lowest BCUT2D eigenvalue weighted by Gasteiger charge is -2.15. The van der Waals surface area contributed by atoms with E-state index >= 15 is 0 Å². The number of hydrogen-bond acceptors (Lipinski definition) is 4. The van der Waals surface area contributed by atoms with Crippen LogP contribution in [0, 0.1) is 20.8 Å². The van der Waals surface area contributed by atoms with Crippen LogP contribution in [-0.2, 0) is 4.79 Å². The third kappa shape index (κ3) is 4.10. The Morgan fingerprint density at radius 3 is 2.62 bits per heavy atom. The molecular formula is C27H24N4O2S. The highest BCUT2D eigenvalue weighted by Crippen LogP contribution is 2.27. The van der Waals surface area contributed by atoms with Gasteiger partial charge in [0.25, 0.3) is 5.56 Å². The molecule has 7 heteroatoms. The van der Waals surface area contributed by atoms with Gasteiger partial charge in [-0.1, -0.05) is 54.2 Å². The van der Waals surface area contributed by atoms with Crippen molar-refractivity contribution < 1.29 is 4.79 Å². The molecular weight excluding hydrogens is 444 g/mol. The maximum atomic E-state index is 13.7. The van der Waals surface area contributed by atoms with E-state index in [0.29, 0.717) is 16.2 Å². The van der Waals surface area contributed by atoms with Gasteiger partial charge in [-0.25, -0.2) is 4.98 Å². The van der Waals surface area contributed by atoms with E-state index in [1.54, 1.807) is 4.57 Å². The predicted molar refractivity (Wildman–Crippen MR) is 139 cm³/mol. The Kier molecular flexibility index (Phi) is 5.71. The second kappa shape index (κ2) is 8.83. The number of thioether (sulfide) groups is 1. The minimum Gasteiger partial charge on any atom is -0.349 e. The summed E-state index contributed by atoms with van der Waals surface area (Å²) >= 11 is 1.25. The van der Waals surface area contributed by atoms with Gasteiger partial charge in [0.15, 0.2) is 5.16 Å². The lowest BCUT2D eigenvalue weighted by molar-refractivity contribution is -0.113. The molecule has 2 N–H and O–H groups in total. The van der Waals surface area contributed by atoms with Gasteiger partial charge in [-0.15, -0.1) is 0 Å². The molecule has 0 bridgehead atoms. The van der Waals surface area contributed by atoms with E-state index in [2.05, 4.69) is 10.3 Å². The summed E-state index contributed by atoms with van der Waals surface area (Å²) in [5.74, 6) is -0.0320. The van der Waals surface area contributed by atoms with Crippen molar-refractivity contribution in [2.24, 2.45) is 0 Å². The summed E-state index contributed by atoms with van der Waals surface area (Å²) in [6, 6.07) is 21.4. The van der Waals surface area contributed by atoms with Gasteiger partial charge in [0, 0.05) is 16.6 Å². The van der Waals surface area contributed by atoms with Crippen molar-refractivity contribution in [3.63, 3.8) is 0 Å². The number of para-hydroxylation sites is 1. The number of nitrogens with one attached hydrogen (secondary N) is 2. The smallest absolute Gasteiger partial charge is 0.283 e. The summed E-state index contributed by atoms with van der Waals surface area (Å²) in [5.41, 5.74) is 6.32. The molecule has 0 aliphatic heterocycles. The number of carbonyl (C=O) groups excluding carboxylic acids is 1. The van der Waals surface area contributed by atoms with Crippen LogP contribution in [0.1, 0.15) is 16.7 Å². The van der Waals surface area contributed by atoms with Crippen LogP contribution in [-0.4, -0.2) is 26.2 Å². The highest BCUT2D eigenvalue weighted by Gasteiger charge is 2.19. The first-order chi connectivity index (χ1) is 16.4. The van der Waals surface area contributed by atoms with Gasteiger partial charge < -0.3 is 10.3 Å². The molecule has 5 rings (SSSR count). The van der Waals surface area contributed by atoms with E-state index in [0.717, 1.165) is 39.0 Å². The third-order valence-electron chi connectivity index (χ3n) is 5.73. The average Bonchev–Trinajstić information content (AvgIpc) is 3.19. The molecule has 0 saturated heterocycles. The Hall–Kier alpha value is -3.84. The lowest BCUT2D eigenvalue weighted by atomic mass is 10.1. The molecule has 34 heavy (non-hydrogen) atoms. The number of aromatic nitrogens is 3. The molecule has 0 spiro atoms. The lowest BCUT2D eigenvalue weighted by Crippen LogP contribution is -2.23. The van der Waals surface area contributed by atoms with Gasteiger partial charge in [-0.05, 0) is 61.7 Å². The van der Waals surface area contributed by atoms with Crippen LogP contribution in [0.15, 0.2) is 76.7 Å². The van der Waals surface area contributed by atoms with Crippen molar-refractivity contribution in [1.29, 1.82) is 0 Å². The van der Waals surface area contributed by atoms with Crippen molar-refractivity contribution in [2.45, 2.75) is 25.9 Å². The molecule has 0 saturated carbocycles. The van der Waals surface area contributed by atoms with E-state index < -0.39 is 0 Å². The van der Waals surface area contributed by atoms with Crippen molar-refractivity contribution in [3.05, 3.63) is 93.8 Å². The molecule has 2 aromatic heterocycles. The normalized spacial score (nSPS) is 11.3. The van der Waals surface area contributed by atoms with Crippen LogP contribution < -0.4 is 10.9 Å². The number of fused-ring (bicyclic) bond motifs is 3. The number of amides is 1. The molecule has 6 nitrogen and oxygen atoms in total. The SMILES string of the molecule is Cc1cccc(NC(=O)CSc2nc3c([nH]c4ccccc43)c(=O)n2-c2cc(C)ccc2C)c1. The Balaban J connectivity index is 1.60. The number of benzene rings is 3. The second-order valence-corrected chi connectivity index (χ2v) is 9.37. The minimum atomic E-state index is -0.184. The van der Waals surface area contributed by atoms with Crippen molar-refractivity contribution in [3.8, 4) is 5.69 Å². The van der Waals surface area contributed by atoms with Crippen LogP contribution in [0.5, 0.6) is 0 Å². The number of nitrogens with zero attached hydrogens (tertiary/aromatic N) is 2. The molecule has 0 aliphatic rings. The number of rotatable bonds is 5. The number of aromatic amines is 1. The molecule has 170 valence electrons. The topological polar surface area (TPSA) is 79.8 Å². The predicted octanol–water partition coefficient (Wildman–Crippen LogP) is 5.52. The maximum Gasteiger partial charge on any atom is 0.283 e. The third-order valence-corrected chi connectivity index (χ3v) is 6.67. The van der Waals surface area contributed by atoms with Crippen LogP contribution in [0.4, 0.5) is 5.69 Å². The summed E-state index contributed by atoms with van der Waals surface area (Å²) in [5, 5.41) is 4.29. The van der Waals surface area contributed by atoms with Crippen molar-refractivity contribution in [1.82, 2.24) is 14.5 Å². The highest BCUT2D eigenvalue weighted by atomic mass is 32.2. The van der Waals surface area contributed by atoms with Gasteiger partial charge >= 0.3 is 0 Å². The average molecular weight is 469 g/mol. The number of H-pyrrole nitrogens is 1. The first kappa shape index (κ1) is 22.0. The second-order valence-electron chi connectivity index (χ2n) is 8.43. The summed E-state index contributed by atoms with van der Waals surface area (Å²) in [7, 11) is 0. The monoisotopic (exact) mass is 468 g/mol. The van der Waals surface area contributed by atoms with Crippen LogP contribution in [0.25, 0.3) is 27.6 Å².